The molecule has 2 aliphatic rings. The minimum absolute atomic E-state index is 0.0777. The van der Waals surface area contributed by atoms with Crippen LogP contribution in [0.3, 0.4) is 0 Å². The van der Waals surface area contributed by atoms with Crippen LogP contribution in [0.5, 0.6) is 0 Å². The largest absolute Gasteiger partial charge is 0.545 e. The number of carboxylic acids is 1. The third kappa shape index (κ3) is 3.81. The molecule has 0 saturated carbocycles. The zero-order valence-corrected chi connectivity index (χ0v) is 15.0. The van der Waals surface area contributed by atoms with Gasteiger partial charge in [0.15, 0.2) is 5.17 Å². The highest BCUT2D eigenvalue weighted by Crippen LogP contribution is 2.32. The fourth-order valence-electron chi connectivity index (χ4n) is 2.80. The van der Waals surface area contributed by atoms with Crippen LogP contribution in [0.1, 0.15) is 16.1 Å². The van der Waals surface area contributed by atoms with Crippen molar-refractivity contribution in [2.75, 3.05) is 26.3 Å². The van der Waals surface area contributed by atoms with E-state index in [1.54, 1.807) is 30.3 Å². The first-order valence-electron chi connectivity index (χ1n) is 8.37. The van der Waals surface area contributed by atoms with Gasteiger partial charge in [-0.25, -0.2) is 0 Å². The van der Waals surface area contributed by atoms with Crippen molar-refractivity contribution in [3.63, 3.8) is 0 Å². The summed E-state index contributed by atoms with van der Waals surface area (Å²) >= 11 is 1.32. The van der Waals surface area contributed by atoms with Crippen LogP contribution in [0.4, 0.5) is 0 Å². The SMILES string of the molecule is O=C1N=C(N2CCOCC2)S/C1=C/c1ccc(-c2cccc(C(=O)[O-])c2)o1. The molecule has 1 fully saturated rings. The molecule has 1 aromatic heterocycles. The Morgan fingerprint density at radius 3 is 2.81 bits per heavy atom. The standard InChI is InChI=1S/C19H16N2O5S/c22-17-16(27-19(20-17)21-6-8-25-9-7-21)11-14-4-5-15(26-14)12-2-1-3-13(10-12)18(23)24/h1-5,10-11H,6-9H2,(H,23,24)/p-1/b16-11+. The molecular weight excluding hydrogens is 368 g/mol. The first-order chi connectivity index (χ1) is 13.1. The molecule has 27 heavy (non-hydrogen) atoms. The molecule has 2 aromatic rings. The van der Waals surface area contributed by atoms with Gasteiger partial charge in [0, 0.05) is 24.7 Å². The summed E-state index contributed by atoms with van der Waals surface area (Å²) in [6, 6.07) is 9.78. The molecule has 3 heterocycles. The molecule has 0 aliphatic carbocycles. The Balaban J connectivity index is 1.52. The molecule has 1 aromatic carbocycles. The summed E-state index contributed by atoms with van der Waals surface area (Å²) in [6.45, 7) is 2.68. The number of carbonyl (C=O) groups excluding carboxylic acids is 2. The van der Waals surface area contributed by atoms with Gasteiger partial charge < -0.3 is 24.0 Å². The number of amides is 1. The zero-order chi connectivity index (χ0) is 18.8. The lowest BCUT2D eigenvalue weighted by Gasteiger charge is -2.27. The lowest BCUT2D eigenvalue weighted by Crippen LogP contribution is -2.38. The van der Waals surface area contributed by atoms with E-state index < -0.39 is 5.97 Å². The number of benzene rings is 1. The van der Waals surface area contributed by atoms with Crippen LogP contribution < -0.4 is 5.11 Å². The quantitative estimate of drug-likeness (QED) is 0.743. The first-order valence-corrected chi connectivity index (χ1v) is 9.19. The molecular formula is C19H15N2O5S-. The molecule has 4 rings (SSSR count). The summed E-state index contributed by atoms with van der Waals surface area (Å²) in [7, 11) is 0. The van der Waals surface area contributed by atoms with Crippen LogP contribution >= 0.6 is 11.8 Å². The molecule has 7 nitrogen and oxygen atoms in total. The predicted molar refractivity (Wildman–Crippen MR) is 98.9 cm³/mol. The maximum Gasteiger partial charge on any atom is 0.286 e. The van der Waals surface area contributed by atoms with Crippen molar-refractivity contribution in [3.05, 3.63) is 52.6 Å². The van der Waals surface area contributed by atoms with Crippen LogP contribution in [0, 0.1) is 0 Å². The normalized spacial score (nSPS) is 18.8. The first kappa shape index (κ1) is 17.6. The minimum atomic E-state index is -1.24. The lowest BCUT2D eigenvalue weighted by molar-refractivity contribution is -0.255. The fourth-order valence-corrected chi connectivity index (χ4v) is 3.75. The zero-order valence-electron chi connectivity index (χ0n) is 14.2. The van der Waals surface area contributed by atoms with Crippen molar-refractivity contribution in [1.82, 2.24) is 4.90 Å². The summed E-state index contributed by atoms with van der Waals surface area (Å²) in [5, 5.41) is 11.7. The van der Waals surface area contributed by atoms with Gasteiger partial charge in [-0.15, -0.1) is 0 Å². The summed E-state index contributed by atoms with van der Waals surface area (Å²) in [4.78, 5) is 29.8. The Labute approximate surface area is 159 Å². The van der Waals surface area contributed by atoms with Gasteiger partial charge in [0.25, 0.3) is 5.91 Å². The number of aliphatic imine (C=N–C) groups is 1. The smallest absolute Gasteiger partial charge is 0.286 e. The third-order valence-electron chi connectivity index (χ3n) is 4.17. The second-order valence-corrected chi connectivity index (χ2v) is 6.99. The van der Waals surface area contributed by atoms with E-state index in [-0.39, 0.29) is 11.5 Å². The van der Waals surface area contributed by atoms with Gasteiger partial charge in [-0.2, -0.15) is 4.99 Å². The number of ether oxygens (including phenoxy) is 1. The average molecular weight is 383 g/mol. The number of amidine groups is 1. The second-order valence-electron chi connectivity index (χ2n) is 5.98. The van der Waals surface area contributed by atoms with Gasteiger partial charge in [0.2, 0.25) is 0 Å². The maximum atomic E-state index is 12.2. The molecule has 0 spiro atoms. The van der Waals surface area contributed by atoms with Crippen LogP contribution in [-0.4, -0.2) is 48.2 Å². The average Bonchev–Trinajstić information content (AvgIpc) is 3.30. The van der Waals surface area contributed by atoms with Crippen molar-refractivity contribution in [3.8, 4) is 11.3 Å². The van der Waals surface area contributed by atoms with E-state index in [4.69, 9.17) is 9.15 Å². The molecule has 1 amide bonds. The maximum absolute atomic E-state index is 12.2. The lowest BCUT2D eigenvalue weighted by atomic mass is 10.1. The molecule has 8 heteroatoms. The number of hydrogen-bond acceptors (Lipinski definition) is 7. The molecule has 1 saturated heterocycles. The molecule has 2 aliphatic heterocycles. The van der Waals surface area contributed by atoms with Crippen molar-refractivity contribution >= 4 is 34.9 Å². The fraction of sp³-hybridized carbons (Fsp3) is 0.211. The number of carbonyl (C=O) groups is 2. The van der Waals surface area contributed by atoms with Crippen molar-refractivity contribution in [2.45, 2.75) is 0 Å². The Morgan fingerprint density at radius 2 is 2.04 bits per heavy atom. The summed E-state index contributed by atoms with van der Waals surface area (Å²) in [5.74, 6) is -0.530. The van der Waals surface area contributed by atoms with E-state index in [0.717, 1.165) is 0 Å². The molecule has 0 radical (unpaired) electrons. The van der Waals surface area contributed by atoms with E-state index in [2.05, 4.69) is 4.99 Å². The van der Waals surface area contributed by atoms with E-state index in [1.165, 1.54) is 23.9 Å². The number of carboxylic acid groups (broad SMARTS) is 1. The molecule has 0 N–H and O–H groups in total. The van der Waals surface area contributed by atoms with E-state index >= 15 is 0 Å². The Morgan fingerprint density at radius 1 is 1.22 bits per heavy atom. The van der Waals surface area contributed by atoms with Gasteiger partial charge >= 0.3 is 0 Å². The predicted octanol–water partition coefficient (Wildman–Crippen LogP) is 1.61. The van der Waals surface area contributed by atoms with Crippen molar-refractivity contribution < 1.29 is 23.8 Å². The number of thioether (sulfide) groups is 1. The Kier molecular flexibility index (Phi) is 4.83. The topological polar surface area (TPSA) is 95.2 Å². The Hall–Kier alpha value is -2.84. The van der Waals surface area contributed by atoms with Gasteiger partial charge in [-0.05, 0) is 35.5 Å². The molecule has 0 unspecified atom stereocenters. The molecule has 138 valence electrons. The van der Waals surface area contributed by atoms with E-state index in [9.17, 15) is 14.7 Å². The summed E-state index contributed by atoms with van der Waals surface area (Å²) in [6.07, 6.45) is 1.65. The van der Waals surface area contributed by atoms with Gasteiger partial charge in [-0.1, -0.05) is 18.2 Å². The summed E-state index contributed by atoms with van der Waals surface area (Å²) < 4.78 is 11.1. The number of rotatable bonds is 3. The number of hydrogen-bond donors (Lipinski definition) is 0. The van der Waals surface area contributed by atoms with E-state index in [1.807, 2.05) is 4.90 Å². The van der Waals surface area contributed by atoms with Gasteiger partial charge in [0.1, 0.15) is 11.5 Å². The van der Waals surface area contributed by atoms with Crippen molar-refractivity contribution in [1.29, 1.82) is 0 Å². The van der Waals surface area contributed by atoms with Crippen molar-refractivity contribution in [2.24, 2.45) is 4.99 Å². The Bertz CT molecular complexity index is 957. The van der Waals surface area contributed by atoms with E-state index in [0.29, 0.717) is 53.5 Å². The van der Waals surface area contributed by atoms with Crippen LogP contribution in [0.2, 0.25) is 0 Å². The van der Waals surface area contributed by atoms with Gasteiger partial charge in [-0.3, -0.25) is 4.79 Å². The van der Waals surface area contributed by atoms with Crippen LogP contribution in [-0.2, 0) is 9.53 Å². The third-order valence-corrected chi connectivity index (χ3v) is 5.22. The van der Waals surface area contributed by atoms with Crippen LogP contribution in [0.25, 0.3) is 17.4 Å². The monoisotopic (exact) mass is 383 g/mol. The number of furan rings is 1. The van der Waals surface area contributed by atoms with Gasteiger partial charge in [0.05, 0.1) is 24.1 Å². The van der Waals surface area contributed by atoms with Crippen LogP contribution in [0.15, 0.2) is 50.7 Å². The number of aromatic carboxylic acids is 1. The molecule has 0 atom stereocenters. The highest BCUT2D eigenvalue weighted by molar-refractivity contribution is 8.18. The highest BCUT2D eigenvalue weighted by atomic mass is 32.2. The minimum Gasteiger partial charge on any atom is -0.545 e. The number of morpholine rings is 1. The second kappa shape index (κ2) is 7.42. The number of nitrogens with zero attached hydrogens (tertiary/aromatic N) is 2. The highest BCUT2D eigenvalue weighted by Gasteiger charge is 2.27. The summed E-state index contributed by atoms with van der Waals surface area (Å²) in [5.41, 5.74) is 0.700. The molecule has 0 bridgehead atoms.